The third-order valence-corrected chi connectivity index (χ3v) is 3.80. The van der Waals surface area contributed by atoms with E-state index in [1.807, 2.05) is 0 Å². The van der Waals surface area contributed by atoms with Gasteiger partial charge < -0.3 is 14.9 Å². The minimum atomic E-state index is -0.651. The lowest BCUT2D eigenvalue weighted by atomic mass is 10.3. The number of thiophene rings is 1. The second-order valence-electron chi connectivity index (χ2n) is 3.40. The minimum Gasteiger partial charge on any atom is -0.477 e. The Morgan fingerprint density at radius 1 is 1.47 bits per heavy atom. The fourth-order valence-electron chi connectivity index (χ4n) is 1.31. The molecule has 0 radical (unpaired) electrons. The zero-order valence-corrected chi connectivity index (χ0v) is 11.8. The number of carbonyl (C=O) groups excluding carboxylic acids is 1. The van der Waals surface area contributed by atoms with Crippen molar-refractivity contribution in [2.75, 3.05) is 6.61 Å². The Kier molecular flexibility index (Phi) is 4.23. The van der Waals surface area contributed by atoms with Gasteiger partial charge in [-0.3, -0.25) is 4.79 Å². The summed E-state index contributed by atoms with van der Waals surface area (Å²) >= 11 is 4.53. The number of carbonyl (C=O) groups is 1. The van der Waals surface area contributed by atoms with E-state index in [0.717, 1.165) is 3.79 Å². The topological polar surface area (TPSA) is 82.3 Å². The summed E-state index contributed by atoms with van der Waals surface area (Å²) in [6.45, 7) is -0.264. The zero-order valence-electron chi connectivity index (χ0n) is 9.41. The number of nitrogens with zero attached hydrogens (tertiary/aromatic N) is 2. The van der Waals surface area contributed by atoms with Gasteiger partial charge in [-0.15, -0.1) is 11.3 Å². The number of halogens is 1. The average molecular weight is 343 g/mol. The Morgan fingerprint density at radius 2 is 2.26 bits per heavy atom. The van der Waals surface area contributed by atoms with Gasteiger partial charge >= 0.3 is 5.82 Å². The van der Waals surface area contributed by atoms with E-state index < -0.39 is 10.7 Å². The van der Waals surface area contributed by atoms with E-state index in [1.54, 1.807) is 12.1 Å². The van der Waals surface area contributed by atoms with Crippen molar-refractivity contribution < 1.29 is 14.5 Å². The molecule has 0 aromatic carbocycles. The van der Waals surface area contributed by atoms with Crippen LogP contribution in [0.15, 0.2) is 34.2 Å². The van der Waals surface area contributed by atoms with Gasteiger partial charge in [0.25, 0.3) is 0 Å². The van der Waals surface area contributed by atoms with Crippen molar-refractivity contribution in [3.05, 3.63) is 49.2 Å². The maximum Gasteiger partial charge on any atom is 0.406 e. The molecule has 2 heterocycles. The Labute approximate surface area is 120 Å². The third-order valence-electron chi connectivity index (χ3n) is 2.13. The number of hydrogen-bond donors (Lipinski definition) is 0. The van der Waals surface area contributed by atoms with Crippen LogP contribution in [0, 0.1) is 10.1 Å². The van der Waals surface area contributed by atoms with Crippen molar-refractivity contribution in [1.29, 1.82) is 0 Å². The van der Waals surface area contributed by atoms with Gasteiger partial charge in [-0.1, -0.05) is 0 Å². The van der Waals surface area contributed by atoms with E-state index in [9.17, 15) is 14.9 Å². The summed E-state index contributed by atoms with van der Waals surface area (Å²) in [6, 6.07) is 6.33. The monoisotopic (exact) mass is 342 g/mol. The molecule has 2 rings (SSSR count). The van der Waals surface area contributed by atoms with Crippen molar-refractivity contribution in [2.45, 2.75) is 0 Å². The SMILES string of the molecule is O=C(COc1cccnc1[N+](=O)[O-])c1ccc(Br)s1. The van der Waals surface area contributed by atoms with E-state index in [1.165, 1.54) is 29.7 Å². The number of hydrogen-bond acceptors (Lipinski definition) is 6. The highest BCUT2D eigenvalue weighted by Gasteiger charge is 2.17. The number of ketones is 1. The van der Waals surface area contributed by atoms with E-state index >= 15 is 0 Å². The first kappa shape index (κ1) is 13.6. The molecular formula is C11H7BrN2O4S. The highest BCUT2D eigenvalue weighted by Crippen LogP contribution is 2.25. The van der Waals surface area contributed by atoms with Crippen LogP contribution in [0.4, 0.5) is 5.82 Å². The highest BCUT2D eigenvalue weighted by atomic mass is 79.9. The molecule has 0 aliphatic rings. The summed E-state index contributed by atoms with van der Waals surface area (Å²) in [5, 5.41) is 10.7. The van der Waals surface area contributed by atoms with Crippen molar-refractivity contribution in [3.8, 4) is 5.75 Å². The lowest BCUT2D eigenvalue weighted by Crippen LogP contribution is -2.11. The first-order chi connectivity index (χ1) is 9.08. The molecule has 0 aliphatic heterocycles. The largest absolute Gasteiger partial charge is 0.477 e. The molecule has 0 saturated heterocycles. The maximum atomic E-state index is 11.8. The van der Waals surface area contributed by atoms with Gasteiger partial charge in [0.1, 0.15) is 6.20 Å². The molecule has 0 unspecified atom stereocenters. The molecule has 2 aromatic rings. The number of ether oxygens (including phenoxy) is 1. The van der Waals surface area contributed by atoms with Crippen LogP contribution in [0.25, 0.3) is 0 Å². The molecular weight excluding hydrogens is 336 g/mol. The Balaban J connectivity index is 2.07. The second kappa shape index (κ2) is 5.89. The Hall–Kier alpha value is -1.80. The third kappa shape index (κ3) is 3.36. The van der Waals surface area contributed by atoms with E-state index in [4.69, 9.17) is 4.74 Å². The van der Waals surface area contributed by atoms with Crippen molar-refractivity contribution in [2.24, 2.45) is 0 Å². The predicted molar refractivity (Wildman–Crippen MR) is 72.7 cm³/mol. The lowest BCUT2D eigenvalue weighted by molar-refractivity contribution is -0.390. The van der Waals surface area contributed by atoms with Gasteiger partial charge in [0.15, 0.2) is 6.61 Å². The molecule has 0 saturated carbocycles. The molecule has 0 aliphatic carbocycles. The fraction of sp³-hybridized carbons (Fsp3) is 0.0909. The molecule has 0 fully saturated rings. The van der Waals surface area contributed by atoms with Crippen LogP contribution >= 0.6 is 27.3 Å². The Morgan fingerprint density at radius 3 is 2.89 bits per heavy atom. The summed E-state index contributed by atoms with van der Waals surface area (Å²) in [6.07, 6.45) is 1.29. The van der Waals surface area contributed by atoms with Crippen LogP contribution in [0.3, 0.4) is 0 Å². The van der Waals surface area contributed by atoms with E-state index in [0.29, 0.717) is 4.88 Å². The number of nitro groups is 1. The molecule has 19 heavy (non-hydrogen) atoms. The summed E-state index contributed by atoms with van der Waals surface area (Å²) < 4.78 is 6.00. The molecule has 0 atom stereocenters. The van der Waals surface area contributed by atoms with Gasteiger partial charge in [0.05, 0.1) is 8.66 Å². The molecule has 0 N–H and O–H groups in total. The normalized spacial score (nSPS) is 10.2. The zero-order chi connectivity index (χ0) is 13.8. The van der Waals surface area contributed by atoms with Crippen LogP contribution in [-0.2, 0) is 0 Å². The first-order valence-electron chi connectivity index (χ1n) is 5.08. The summed E-state index contributed by atoms with van der Waals surface area (Å²) in [5.41, 5.74) is 0. The molecule has 6 nitrogen and oxygen atoms in total. The molecule has 98 valence electrons. The molecule has 0 amide bonds. The maximum absolute atomic E-state index is 11.8. The smallest absolute Gasteiger partial charge is 0.406 e. The highest BCUT2D eigenvalue weighted by molar-refractivity contribution is 9.11. The lowest BCUT2D eigenvalue weighted by Gasteiger charge is -2.04. The quantitative estimate of drug-likeness (QED) is 0.473. The predicted octanol–water partition coefficient (Wildman–Crippen LogP) is 3.08. The van der Waals surface area contributed by atoms with Gasteiger partial charge in [0, 0.05) is 0 Å². The molecule has 0 spiro atoms. The number of rotatable bonds is 5. The number of aromatic nitrogens is 1. The number of Topliss-reactive ketones (excluding diaryl/α,β-unsaturated/α-hetero) is 1. The summed E-state index contributed by atoms with van der Waals surface area (Å²) in [4.78, 5) is 26.0. The van der Waals surface area contributed by atoms with Crippen molar-refractivity contribution >= 4 is 38.9 Å². The second-order valence-corrected chi connectivity index (χ2v) is 5.86. The average Bonchev–Trinajstić information content (AvgIpc) is 2.83. The first-order valence-corrected chi connectivity index (χ1v) is 6.69. The molecule has 0 bridgehead atoms. The van der Waals surface area contributed by atoms with E-state index in [-0.39, 0.29) is 18.1 Å². The van der Waals surface area contributed by atoms with Crippen LogP contribution in [-0.4, -0.2) is 22.3 Å². The minimum absolute atomic E-state index is 0.0172. The van der Waals surface area contributed by atoms with Crippen LogP contribution < -0.4 is 4.74 Å². The van der Waals surface area contributed by atoms with Gasteiger partial charge in [0.2, 0.25) is 11.5 Å². The summed E-state index contributed by atoms with van der Waals surface area (Å²) in [5.74, 6) is -0.659. The molecule has 2 aromatic heterocycles. The van der Waals surface area contributed by atoms with Crippen LogP contribution in [0.5, 0.6) is 5.75 Å². The number of pyridine rings is 1. The van der Waals surface area contributed by atoms with Gasteiger partial charge in [-0.2, -0.15) is 0 Å². The molecule has 8 heteroatoms. The fourth-order valence-corrected chi connectivity index (χ4v) is 2.62. The Bertz CT molecular complexity index is 629. The summed E-state index contributed by atoms with van der Waals surface area (Å²) in [7, 11) is 0. The van der Waals surface area contributed by atoms with E-state index in [2.05, 4.69) is 20.9 Å². The van der Waals surface area contributed by atoms with Gasteiger partial charge in [-0.25, -0.2) is 0 Å². The van der Waals surface area contributed by atoms with Crippen molar-refractivity contribution in [3.63, 3.8) is 0 Å². The standard InChI is InChI=1S/C11H7BrN2O4S/c12-10-4-3-9(19-10)7(15)6-18-8-2-1-5-13-11(8)14(16)17/h1-5H,6H2. The van der Waals surface area contributed by atoms with Crippen LogP contribution in [0.2, 0.25) is 0 Å². The van der Waals surface area contributed by atoms with Gasteiger partial charge in [-0.05, 0) is 50.1 Å². The van der Waals surface area contributed by atoms with Crippen molar-refractivity contribution in [1.82, 2.24) is 4.98 Å². The van der Waals surface area contributed by atoms with Crippen LogP contribution in [0.1, 0.15) is 9.67 Å².